The van der Waals surface area contributed by atoms with Crippen molar-refractivity contribution >= 4 is 0 Å². The monoisotopic (exact) mass is 404 g/mol. The first kappa shape index (κ1) is 21.1. The fourth-order valence-electron chi connectivity index (χ4n) is 4.51. The molecular weight excluding hydrogens is 372 g/mol. The Morgan fingerprint density at radius 1 is 0.419 bits per heavy atom. The second-order valence-corrected chi connectivity index (χ2v) is 8.34. The minimum atomic E-state index is 1.10. The average Bonchev–Trinajstić information content (AvgIpc) is 3.39. The van der Waals surface area contributed by atoms with Crippen LogP contribution in [0, 0.1) is 0 Å². The Balaban J connectivity index is 0.000000124. The first-order valence-corrected chi connectivity index (χ1v) is 11.6. The summed E-state index contributed by atoms with van der Waals surface area (Å²) in [7, 11) is 0. The molecule has 0 bridgehead atoms. The second-order valence-electron chi connectivity index (χ2n) is 8.34. The van der Waals surface area contributed by atoms with Gasteiger partial charge in [0.15, 0.2) is 0 Å². The van der Waals surface area contributed by atoms with Gasteiger partial charge in [-0.25, -0.2) is 0 Å². The van der Waals surface area contributed by atoms with Crippen molar-refractivity contribution in [1.29, 1.82) is 0 Å². The molecule has 4 aromatic rings. The lowest BCUT2D eigenvalue weighted by atomic mass is 10.1. The smallest absolute Gasteiger partial charge is 0.00135 e. The molecule has 0 unspecified atom stereocenters. The highest BCUT2D eigenvalue weighted by Gasteiger charge is 2.16. The van der Waals surface area contributed by atoms with E-state index in [4.69, 9.17) is 0 Å². The molecule has 0 saturated carbocycles. The lowest BCUT2D eigenvalue weighted by Crippen LogP contribution is -1.77. The van der Waals surface area contributed by atoms with E-state index in [0.29, 0.717) is 0 Å². The van der Waals surface area contributed by atoms with Crippen LogP contribution in [0.3, 0.4) is 0 Å². The van der Waals surface area contributed by atoms with Gasteiger partial charge in [0.2, 0.25) is 0 Å². The van der Waals surface area contributed by atoms with Crippen LogP contribution in [0.1, 0.15) is 55.4 Å². The van der Waals surface area contributed by atoms with Crippen molar-refractivity contribution in [3.8, 4) is 22.3 Å². The summed E-state index contributed by atoms with van der Waals surface area (Å²) in [5.41, 5.74) is 11.5. The predicted octanol–water partition coefficient (Wildman–Crippen LogP) is 8.71. The van der Waals surface area contributed by atoms with Crippen LogP contribution in [0.2, 0.25) is 0 Å². The zero-order chi connectivity index (χ0) is 21.5. The van der Waals surface area contributed by atoms with Crippen LogP contribution in [0.5, 0.6) is 0 Å². The minimum absolute atomic E-state index is 1.10. The van der Waals surface area contributed by atoms with Crippen LogP contribution in [0.25, 0.3) is 22.3 Å². The maximum absolute atomic E-state index is 2.22. The molecule has 0 saturated heterocycles. The third kappa shape index (κ3) is 4.80. The summed E-state index contributed by atoms with van der Waals surface area (Å²) in [4.78, 5) is 0. The average molecular weight is 405 g/mol. The number of benzene rings is 4. The Hall–Kier alpha value is -3.12. The van der Waals surface area contributed by atoms with Gasteiger partial charge < -0.3 is 0 Å². The van der Waals surface area contributed by atoms with E-state index in [1.807, 2.05) is 0 Å². The molecule has 4 aromatic carbocycles. The van der Waals surface area contributed by atoms with Gasteiger partial charge in [-0.3, -0.25) is 0 Å². The van der Waals surface area contributed by atoms with Crippen molar-refractivity contribution in [3.05, 3.63) is 119 Å². The Morgan fingerprint density at radius 3 is 0.903 bits per heavy atom. The molecule has 0 amide bonds. The quantitative estimate of drug-likeness (QED) is 0.271. The van der Waals surface area contributed by atoms with Gasteiger partial charge in [-0.05, 0) is 57.3 Å². The van der Waals surface area contributed by atoms with Crippen molar-refractivity contribution in [2.75, 3.05) is 0 Å². The van der Waals surface area contributed by atoms with Gasteiger partial charge in [0.25, 0.3) is 0 Å². The van der Waals surface area contributed by atoms with Crippen molar-refractivity contribution in [2.45, 2.75) is 46.0 Å². The van der Waals surface area contributed by atoms with E-state index in [-0.39, 0.29) is 0 Å². The van der Waals surface area contributed by atoms with Gasteiger partial charge in [-0.15, -0.1) is 0 Å². The molecule has 0 nitrogen and oxygen atoms in total. The first-order chi connectivity index (χ1) is 15.3. The zero-order valence-corrected chi connectivity index (χ0v) is 18.8. The van der Waals surface area contributed by atoms with Crippen molar-refractivity contribution in [2.24, 2.45) is 0 Å². The predicted molar refractivity (Wildman–Crippen MR) is 135 cm³/mol. The summed E-state index contributed by atoms with van der Waals surface area (Å²) >= 11 is 0. The van der Waals surface area contributed by atoms with Crippen LogP contribution in [0.15, 0.2) is 97.1 Å². The number of hydrogen-bond acceptors (Lipinski definition) is 0. The summed E-state index contributed by atoms with van der Waals surface area (Å²) in [6, 6.07) is 34.6. The lowest BCUT2D eigenvalue weighted by molar-refractivity contribution is 0.772. The SMILES string of the molecule is CCCCC.c1ccc2c(c1)Cc1ccccc1-2.c1ccc2c(c1)Cc1ccccc1-2. The molecule has 2 aliphatic carbocycles. The molecule has 0 heterocycles. The highest BCUT2D eigenvalue weighted by Crippen LogP contribution is 2.36. The Labute approximate surface area is 187 Å². The molecule has 156 valence electrons. The maximum Gasteiger partial charge on any atom is -0.00135 e. The minimum Gasteiger partial charge on any atom is -0.0654 e. The highest BCUT2D eigenvalue weighted by atomic mass is 14.2. The lowest BCUT2D eigenvalue weighted by Gasteiger charge is -1.98. The molecule has 0 aromatic heterocycles. The Bertz CT molecular complexity index is 958. The molecular formula is C31H32. The molecule has 2 aliphatic rings. The molecule has 0 aliphatic heterocycles. The van der Waals surface area contributed by atoms with E-state index in [2.05, 4.69) is 111 Å². The van der Waals surface area contributed by atoms with Crippen molar-refractivity contribution < 1.29 is 0 Å². The highest BCUT2D eigenvalue weighted by molar-refractivity contribution is 5.77. The Kier molecular flexibility index (Phi) is 6.99. The van der Waals surface area contributed by atoms with E-state index < -0.39 is 0 Å². The molecule has 0 atom stereocenters. The van der Waals surface area contributed by atoms with Gasteiger partial charge in [-0.1, -0.05) is 130 Å². The topological polar surface area (TPSA) is 0 Å². The van der Waals surface area contributed by atoms with Gasteiger partial charge in [0.05, 0.1) is 0 Å². The summed E-state index contributed by atoms with van der Waals surface area (Å²) in [6.07, 6.45) is 6.28. The number of fused-ring (bicyclic) bond motifs is 6. The van der Waals surface area contributed by atoms with Crippen molar-refractivity contribution in [3.63, 3.8) is 0 Å². The molecule has 0 N–H and O–H groups in total. The standard InChI is InChI=1S/2C13H10.C5H12/c2*1-3-7-12-10(5-1)9-11-6-2-4-8-13(11)12;1-3-5-4-2/h2*1-8H,9H2;3-5H2,1-2H3. The summed E-state index contributed by atoms with van der Waals surface area (Å²) in [5, 5.41) is 0. The number of rotatable bonds is 2. The van der Waals surface area contributed by atoms with E-state index in [9.17, 15) is 0 Å². The van der Waals surface area contributed by atoms with Crippen LogP contribution in [0.4, 0.5) is 0 Å². The first-order valence-electron chi connectivity index (χ1n) is 11.6. The molecule has 31 heavy (non-hydrogen) atoms. The summed E-state index contributed by atoms with van der Waals surface area (Å²) in [6.45, 7) is 4.42. The van der Waals surface area contributed by atoms with Gasteiger partial charge in [-0.2, -0.15) is 0 Å². The largest absolute Gasteiger partial charge is 0.0654 e. The molecule has 0 radical (unpaired) electrons. The molecule has 0 heteroatoms. The van der Waals surface area contributed by atoms with E-state index in [1.54, 1.807) is 0 Å². The number of hydrogen-bond donors (Lipinski definition) is 0. The fraction of sp³-hybridized carbons (Fsp3) is 0.226. The van der Waals surface area contributed by atoms with Crippen LogP contribution in [-0.2, 0) is 12.8 Å². The maximum atomic E-state index is 2.22. The third-order valence-electron chi connectivity index (χ3n) is 6.12. The Morgan fingerprint density at radius 2 is 0.677 bits per heavy atom. The van der Waals surface area contributed by atoms with Crippen LogP contribution >= 0.6 is 0 Å². The third-order valence-corrected chi connectivity index (χ3v) is 6.12. The van der Waals surface area contributed by atoms with E-state index >= 15 is 0 Å². The van der Waals surface area contributed by atoms with Gasteiger partial charge in [0.1, 0.15) is 0 Å². The van der Waals surface area contributed by atoms with Crippen LogP contribution < -0.4 is 0 Å². The van der Waals surface area contributed by atoms with Crippen molar-refractivity contribution in [1.82, 2.24) is 0 Å². The summed E-state index contributed by atoms with van der Waals surface area (Å²) < 4.78 is 0. The normalized spacial score (nSPS) is 11.7. The summed E-state index contributed by atoms with van der Waals surface area (Å²) in [5.74, 6) is 0. The molecule has 6 rings (SSSR count). The van der Waals surface area contributed by atoms with Crippen LogP contribution in [-0.4, -0.2) is 0 Å². The number of unbranched alkanes of at least 4 members (excludes halogenated alkanes) is 2. The second kappa shape index (κ2) is 10.3. The molecule has 0 spiro atoms. The van der Waals surface area contributed by atoms with Gasteiger partial charge in [0, 0.05) is 0 Å². The van der Waals surface area contributed by atoms with E-state index in [1.165, 1.54) is 63.8 Å². The van der Waals surface area contributed by atoms with Gasteiger partial charge >= 0.3 is 0 Å². The molecule has 0 fully saturated rings. The zero-order valence-electron chi connectivity index (χ0n) is 18.8. The fourth-order valence-corrected chi connectivity index (χ4v) is 4.51. The van der Waals surface area contributed by atoms with E-state index in [0.717, 1.165) is 12.8 Å².